The monoisotopic (exact) mass is 654 g/mol. The molecule has 0 unspecified atom stereocenters. The fourth-order valence-electron chi connectivity index (χ4n) is 5.77. The van der Waals surface area contributed by atoms with E-state index >= 15 is 0 Å². The van der Waals surface area contributed by atoms with Gasteiger partial charge in [0.05, 0.1) is 41.6 Å². The molecule has 13 heteroatoms. The molecule has 6 rings (SSSR count). The van der Waals surface area contributed by atoms with Crippen molar-refractivity contribution in [3.8, 4) is 5.75 Å². The molecule has 5 aromatic rings. The molecule has 0 aliphatic carbocycles. The lowest BCUT2D eigenvalue weighted by Crippen LogP contribution is -2.47. The Morgan fingerprint density at radius 3 is 2.53 bits per heavy atom. The summed E-state index contributed by atoms with van der Waals surface area (Å²) < 4.78 is 15.5. The third kappa shape index (κ3) is 5.89. The Kier molecular flexibility index (Phi) is 9.65. The van der Waals surface area contributed by atoms with E-state index in [4.69, 9.17) is 14.1 Å². The lowest BCUT2D eigenvalue weighted by Gasteiger charge is -2.27. The number of fused-ring (bicyclic) bond motifs is 3. The van der Waals surface area contributed by atoms with E-state index in [0.717, 1.165) is 16.9 Å². The maximum atomic E-state index is 13.2. The number of benzene rings is 1. The number of furan rings is 1. The Morgan fingerprint density at radius 2 is 1.78 bits per heavy atom. The van der Waals surface area contributed by atoms with E-state index in [1.807, 2.05) is 38.1 Å². The minimum absolute atomic E-state index is 0. The third-order valence-electron chi connectivity index (χ3n) is 8.05. The number of halogens is 2. The number of ether oxygens (including phenoxy) is 1. The van der Waals surface area contributed by atoms with E-state index < -0.39 is 5.41 Å². The lowest BCUT2D eigenvalue weighted by molar-refractivity contribution is -0.137. The zero-order valence-electron chi connectivity index (χ0n) is 25.8. The van der Waals surface area contributed by atoms with E-state index in [1.54, 1.807) is 61.1 Å². The molecule has 11 nitrogen and oxygen atoms in total. The van der Waals surface area contributed by atoms with Crippen LogP contribution in [0.2, 0.25) is 0 Å². The summed E-state index contributed by atoms with van der Waals surface area (Å²) in [5.74, 6) is 1.55. The molecule has 0 N–H and O–H groups in total. The molecule has 238 valence electrons. The number of pyridine rings is 2. The zero-order valence-corrected chi connectivity index (χ0v) is 27.4. The highest BCUT2D eigenvalue weighted by Gasteiger charge is 2.45. The van der Waals surface area contributed by atoms with Crippen molar-refractivity contribution < 1.29 is 18.7 Å². The van der Waals surface area contributed by atoms with Gasteiger partial charge in [-0.3, -0.25) is 19.4 Å². The van der Waals surface area contributed by atoms with E-state index in [0.29, 0.717) is 66.5 Å². The zero-order chi connectivity index (χ0) is 30.5. The van der Waals surface area contributed by atoms with Gasteiger partial charge in [0.2, 0.25) is 11.8 Å². The second-order valence-electron chi connectivity index (χ2n) is 11.3. The number of hydrogen-bond donors (Lipinski definition) is 0. The van der Waals surface area contributed by atoms with Crippen molar-refractivity contribution in [3.63, 3.8) is 0 Å². The van der Waals surface area contributed by atoms with Gasteiger partial charge in [0.15, 0.2) is 0 Å². The van der Waals surface area contributed by atoms with Crippen LogP contribution in [0.4, 0.5) is 11.4 Å². The summed E-state index contributed by atoms with van der Waals surface area (Å²) in [6, 6.07) is 11.0. The minimum atomic E-state index is -1.17. The molecule has 0 fully saturated rings. The normalized spacial score (nSPS) is 14.2. The van der Waals surface area contributed by atoms with Crippen LogP contribution in [-0.4, -0.2) is 51.1 Å². The first-order valence-corrected chi connectivity index (χ1v) is 14.4. The van der Waals surface area contributed by atoms with Crippen molar-refractivity contribution in [1.82, 2.24) is 19.1 Å². The number of carbonyl (C=O) groups excluding carboxylic acids is 2. The maximum Gasteiger partial charge on any atom is 0.262 e. The molecule has 0 radical (unpaired) electrons. The number of aromatic nitrogens is 4. The number of anilines is 2. The van der Waals surface area contributed by atoms with Crippen LogP contribution < -0.4 is 20.1 Å². The van der Waals surface area contributed by atoms with E-state index in [1.165, 1.54) is 4.90 Å². The summed E-state index contributed by atoms with van der Waals surface area (Å²) in [6.07, 6.45) is 5.84. The van der Waals surface area contributed by atoms with Gasteiger partial charge in [-0.05, 0) is 64.4 Å². The average Bonchev–Trinajstić information content (AvgIpc) is 3.54. The van der Waals surface area contributed by atoms with Crippen molar-refractivity contribution in [1.29, 1.82) is 0 Å². The summed E-state index contributed by atoms with van der Waals surface area (Å²) in [5, 5.41) is 0.542. The van der Waals surface area contributed by atoms with Crippen molar-refractivity contribution in [2.45, 2.75) is 47.2 Å². The number of hydrogen-bond acceptors (Lipinski definition) is 7. The second kappa shape index (κ2) is 12.9. The minimum Gasteiger partial charge on any atom is -0.493 e. The number of carbonyl (C=O) groups is 2. The van der Waals surface area contributed by atoms with Crippen LogP contribution in [0, 0.1) is 12.3 Å². The third-order valence-corrected chi connectivity index (χ3v) is 8.05. The predicted molar refractivity (Wildman–Crippen MR) is 178 cm³/mol. The quantitative estimate of drug-likeness (QED) is 0.163. The fraction of sp³-hybridized carbons (Fsp3) is 0.344. The molecule has 1 aliphatic rings. The van der Waals surface area contributed by atoms with Crippen molar-refractivity contribution >= 4 is 70.0 Å². The SMILES string of the molecule is CCN1C(=O)C(C)(C)C(=O)N(C)c2cc(OCCCn3c(Cn4ccc5oc(C)cc5c4=O)nc4cnccc43)ccc21.Cl.Cl. The van der Waals surface area contributed by atoms with Crippen molar-refractivity contribution in [2.75, 3.05) is 30.0 Å². The molecule has 0 saturated carbocycles. The number of amides is 2. The molecule has 0 saturated heterocycles. The Hall–Kier alpha value is -4.35. The van der Waals surface area contributed by atoms with Gasteiger partial charge >= 0.3 is 0 Å². The molecule has 5 heterocycles. The lowest BCUT2D eigenvalue weighted by atomic mass is 9.90. The molecular weight excluding hydrogens is 619 g/mol. The molecular formula is C32H36Cl2N6O5. The predicted octanol–water partition coefficient (Wildman–Crippen LogP) is 5.36. The average molecular weight is 656 g/mol. The van der Waals surface area contributed by atoms with Gasteiger partial charge < -0.3 is 28.1 Å². The summed E-state index contributed by atoms with van der Waals surface area (Å²) in [7, 11) is 1.69. The molecule has 0 bridgehead atoms. The van der Waals surface area contributed by atoms with Gasteiger partial charge in [-0.2, -0.15) is 0 Å². The molecule has 1 aromatic carbocycles. The highest BCUT2D eigenvalue weighted by Crippen LogP contribution is 2.40. The molecule has 45 heavy (non-hydrogen) atoms. The smallest absolute Gasteiger partial charge is 0.262 e. The Labute approximate surface area is 272 Å². The van der Waals surface area contributed by atoms with Crippen LogP contribution in [0.15, 0.2) is 64.2 Å². The first-order chi connectivity index (χ1) is 20.6. The summed E-state index contributed by atoms with van der Waals surface area (Å²) in [6.45, 7) is 8.81. The van der Waals surface area contributed by atoms with Gasteiger partial charge in [0.25, 0.3) is 5.56 Å². The van der Waals surface area contributed by atoms with E-state index in [9.17, 15) is 14.4 Å². The molecule has 1 aliphatic heterocycles. The Balaban J connectivity index is 0.00000230. The molecule has 2 amide bonds. The summed E-state index contributed by atoms with van der Waals surface area (Å²) >= 11 is 0. The topological polar surface area (TPSA) is 116 Å². The number of aryl methyl sites for hydroxylation is 2. The van der Waals surface area contributed by atoms with Gasteiger partial charge in [0, 0.05) is 38.6 Å². The second-order valence-corrected chi connectivity index (χ2v) is 11.3. The first-order valence-electron chi connectivity index (χ1n) is 14.4. The van der Waals surface area contributed by atoms with Crippen LogP contribution in [0.5, 0.6) is 5.75 Å². The number of imidazole rings is 1. The van der Waals surface area contributed by atoms with Crippen LogP contribution in [0.3, 0.4) is 0 Å². The summed E-state index contributed by atoms with van der Waals surface area (Å²) in [5.41, 5.74) is 2.27. The highest BCUT2D eigenvalue weighted by atomic mass is 35.5. The van der Waals surface area contributed by atoms with Crippen LogP contribution in [0.1, 0.15) is 38.8 Å². The van der Waals surface area contributed by atoms with Crippen LogP contribution >= 0.6 is 24.8 Å². The van der Waals surface area contributed by atoms with Crippen molar-refractivity contribution in [2.24, 2.45) is 5.41 Å². The van der Waals surface area contributed by atoms with Gasteiger partial charge in [0.1, 0.15) is 33.8 Å². The Morgan fingerprint density at radius 1 is 1.00 bits per heavy atom. The standard InChI is InChI=1S/C32H34N6O5.2ClH/c1-6-37-25-9-8-21(17-26(25)35(5)30(40)32(3,4)31(37)41)42-15-7-13-38-24-10-12-33-18-23(24)34-28(38)19-36-14-11-27-22(29(36)39)16-20(2)43-27;;/h8-12,14,16-18H,6-7,13,15,19H2,1-5H3;2*1H. The van der Waals surface area contributed by atoms with E-state index in [-0.39, 0.29) is 42.2 Å². The summed E-state index contributed by atoms with van der Waals surface area (Å²) in [4.78, 5) is 51.6. The molecule has 4 aromatic heterocycles. The van der Waals surface area contributed by atoms with E-state index in [2.05, 4.69) is 9.55 Å². The molecule has 0 atom stereocenters. The fourth-order valence-corrected chi connectivity index (χ4v) is 5.77. The largest absolute Gasteiger partial charge is 0.493 e. The maximum absolute atomic E-state index is 13.2. The van der Waals surface area contributed by atoms with Crippen LogP contribution in [-0.2, 0) is 22.7 Å². The molecule has 0 spiro atoms. The Bertz CT molecular complexity index is 1950. The van der Waals surface area contributed by atoms with Gasteiger partial charge in [-0.25, -0.2) is 4.98 Å². The number of rotatable bonds is 8. The van der Waals surface area contributed by atoms with Crippen LogP contribution in [0.25, 0.3) is 22.0 Å². The van der Waals surface area contributed by atoms with Crippen molar-refractivity contribution in [3.05, 3.63) is 76.9 Å². The van der Waals surface area contributed by atoms with Gasteiger partial charge in [-0.1, -0.05) is 0 Å². The highest BCUT2D eigenvalue weighted by molar-refractivity contribution is 6.20. The van der Waals surface area contributed by atoms with Gasteiger partial charge in [-0.15, -0.1) is 24.8 Å². The first kappa shape index (κ1) is 33.5. The number of nitrogens with zero attached hydrogens (tertiary/aromatic N) is 6.